The molecule has 3 nitrogen and oxygen atoms in total. The average molecular weight is 324 g/mol. The lowest BCUT2D eigenvalue weighted by Crippen LogP contribution is -2.34. The number of halogens is 1. The third-order valence-electron chi connectivity index (χ3n) is 2.82. The second kappa shape index (κ2) is 6.75. The molecule has 0 radical (unpaired) electrons. The summed E-state index contributed by atoms with van der Waals surface area (Å²) in [6.07, 6.45) is 0. The van der Waals surface area contributed by atoms with Gasteiger partial charge >= 0.3 is 0 Å². The molecule has 0 fully saturated rings. The number of hydrogen-bond donors (Lipinski definition) is 2. The Morgan fingerprint density at radius 1 is 1.47 bits per heavy atom. The van der Waals surface area contributed by atoms with Gasteiger partial charge in [-0.25, -0.2) is 0 Å². The maximum Gasteiger partial charge on any atom is 0.188 e. The van der Waals surface area contributed by atoms with Crippen LogP contribution in [0.25, 0.3) is 0 Å². The van der Waals surface area contributed by atoms with Gasteiger partial charge in [-0.2, -0.15) is 0 Å². The zero-order valence-corrected chi connectivity index (χ0v) is 13.4. The molecule has 0 spiro atoms. The fraction of sp³-hybridized carbons (Fsp3) is 0.400. The maximum atomic E-state index is 5.83. The highest BCUT2D eigenvalue weighted by molar-refractivity contribution is 9.10. The van der Waals surface area contributed by atoms with Crippen molar-refractivity contribution < 1.29 is 0 Å². The number of hydrogen-bond acceptors (Lipinski definition) is 1. The minimum absolute atomic E-state index is 0.0562. The van der Waals surface area contributed by atoms with Crippen molar-refractivity contribution in [3.8, 4) is 0 Å². The number of nitrogens with one attached hydrogen (secondary N) is 1. The Kier molecular flexibility index (Phi) is 5.60. The lowest BCUT2D eigenvalue weighted by atomic mass is 9.85. The number of nitrogens with two attached hydrogens (primary N) is 1. The first kappa shape index (κ1) is 15.8. The van der Waals surface area contributed by atoms with Crippen LogP contribution in [0.15, 0.2) is 45.9 Å². The van der Waals surface area contributed by atoms with E-state index in [0.29, 0.717) is 19.0 Å². The van der Waals surface area contributed by atoms with Crippen LogP contribution >= 0.6 is 15.9 Å². The number of benzene rings is 1. The molecule has 3 N–H and O–H groups in total. The van der Waals surface area contributed by atoms with E-state index < -0.39 is 0 Å². The van der Waals surface area contributed by atoms with Crippen LogP contribution in [0.1, 0.15) is 26.3 Å². The van der Waals surface area contributed by atoms with Crippen molar-refractivity contribution in [2.24, 2.45) is 10.7 Å². The summed E-state index contributed by atoms with van der Waals surface area (Å²) in [5.74, 6) is 0.464. The zero-order valence-electron chi connectivity index (χ0n) is 11.8. The van der Waals surface area contributed by atoms with E-state index in [2.05, 4.69) is 58.8 Å². The highest BCUT2D eigenvalue weighted by Gasteiger charge is 2.20. The lowest BCUT2D eigenvalue weighted by Gasteiger charge is -2.23. The predicted octanol–water partition coefficient (Wildman–Crippen LogP) is 3.21. The summed E-state index contributed by atoms with van der Waals surface area (Å²) in [7, 11) is 0. The van der Waals surface area contributed by atoms with E-state index in [1.54, 1.807) is 0 Å². The standard InChI is InChI=1S/C15H22BrN3/c1-11(2)9-18-14(17)19-10-15(3,4)12-6-5-7-13(16)8-12/h5-8H,1,9-10H2,2-4H3,(H3,17,18,19). The van der Waals surface area contributed by atoms with Crippen molar-refractivity contribution in [2.75, 3.05) is 13.1 Å². The van der Waals surface area contributed by atoms with E-state index in [0.717, 1.165) is 10.0 Å². The van der Waals surface area contributed by atoms with Crippen LogP contribution < -0.4 is 11.1 Å². The van der Waals surface area contributed by atoms with Crippen LogP contribution in [-0.2, 0) is 5.41 Å². The van der Waals surface area contributed by atoms with Gasteiger partial charge in [0, 0.05) is 16.4 Å². The molecule has 0 saturated heterocycles. The van der Waals surface area contributed by atoms with Crippen molar-refractivity contribution in [2.45, 2.75) is 26.2 Å². The molecule has 104 valence electrons. The first-order valence-electron chi connectivity index (χ1n) is 6.25. The molecule has 0 aliphatic heterocycles. The summed E-state index contributed by atoms with van der Waals surface area (Å²) in [5.41, 5.74) is 8.04. The van der Waals surface area contributed by atoms with E-state index in [1.165, 1.54) is 5.56 Å². The van der Waals surface area contributed by atoms with E-state index in [9.17, 15) is 0 Å². The van der Waals surface area contributed by atoms with Gasteiger partial charge in [-0.1, -0.05) is 54.1 Å². The third-order valence-corrected chi connectivity index (χ3v) is 3.32. The molecule has 1 aromatic carbocycles. The fourth-order valence-corrected chi connectivity index (χ4v) is 1.98. The van der Waals surface area contributed by atoms with Crippen molar-refractivity contribution in [3.05, 3.63) is 46.5 Å². The quantitative estimate of drug-likeness (QED) is 0.496. The first-order chi connectivity index (χ1) is 8.81. The first-order valence-corrected chi connectivity index (χ1v) is 7.05. The number of rotatable bonds is 5. The van der Waals surface area contributed by atoms with E-state index in [4.69, 9.17) is 5.73 Å². The van der Waals surface area contributed by atoms with Gasteiger partial charge in [0.15, 0.2) is 5.96 Å². The molecule has 0 unspecified atom stereocenters. The Labute approximate surface area is 124 Å². The number of aliphatic imine (C=N–C) groups is 1. The highest BCUT2D eigenvalue weighted by Crippen LogP contribution is 2.25. The summed E-state index contributed by atoms with van der Waals surface area (Å²) in [6.45, 7) is 11.4. The molecule has 0 heterocycles. The van der Waals surface area contributed by atoms with Crippen molar-refractivity contribution in [3.63, 3.8) is 0 Å². The van der Waals surface area contributed by atoms with Crippen molar-refractivity contribution >= 4 is 21.9 Å². The molecule has 0 aliphatic carbocycles. The number of guanidine groups is 1. The summed E-state index contributed by atoms with van der Waals surface area (Å²) in [6, 6.07) is 8.28. The molecule has 19 heavy (non-hydrogen) atoms. The Morgan fingerprint density at radius 2 is 2.16 bits per heavy atom. The molecular formula is C15H22BrN3. The molecule has 0 atom stereocenters. The Balaban J connectivity index is 2.69. The molecule has 1 rings (SSSR count). The van der Waals surface area contributed by atoms with Gasteiger partial charge in [0.1, 0.15) is 0 Å². The summed E-state index contributed by atoms with van der Waals surface area (Å²) in [5, 5.41) is 3.04. The van der Waals surface area contributed by atoms with Crippen molar-refractivity contribution in [1.29, 1.82) is 0 Å². The second-order valence-corrected chi connectivity index (χ2v) is 6.32. The predicted molar refractivity (Wildman–Crippen MR) is 86.5 cm³/mol. The van der Waals surface area contributed by atoms with Crippen LogP contribution in [0, 0.1) is 0 Å². The van der Waals surface area contributed by atoms with Crippen LogP contribution in [0.2, 0.25) is 0 Å². The summed E-state index contributed by atoms with van der Waals surface area (Å²) >= 11 is 3.49. The number of nitrogens with zero attached hydrogens (tertiary/aromatic N) is 1. The van der Waals surface area contributed by atoms with Crippen LogP contribution in [0.4, 0.5) is 0 Å². The van der Waals surface area contributed by atoms with Gasteiger partial charge in [-0.15, -0.1) is 0 Å². The summed E-state index contributed by atoms with van der Waals surface area (Å²) in [4.78, 5) is 4.40. The van der Waals surface area contributed by atoms with E-state index in [-0.39, 0.29) is 5.41 Å². The Bertz CT molecular complexity index is 478. The van der Waals surface area contributed by atoms with Crippen LogP contribution in [0.5, 0.6) is 0 Å². The van der Waals surface area contributed by atoms with Crippen LogP contribution in [-0.4, -0.2) is 19.0 Å². The second-order valence-electron chi connectivity index (χ2n) is 5.41. The zero-order chi connectivity index (χ0) is 14.5. The Morgan fingerprint density at radius 3 is 2.74 bits per heavy atom. The van der Waals surface area contributed by atoms with Gasteiger partial charge in [0.25, 0.3) is 0 Å². The monoisotopic (exact) mass is 323 g/mol. The maximum absolute atomic E-state index is 5.83. The molecule has 1 aromatic rings. The third kappa shape index (κ3) is 5.47. The molecule has 4 heteroatoms. The molecule has 0 saturated carbocycles. The SMILES string of the molecule is C=C(C)CNC(N)=NCC(C)(C)c1cccc(Br)c1. The molecular weight excluding hydrogens is 302 g/mol. The van der Waals surface area contributed by atoms with Gasteiger partial charge in [-0.3, -0.25) is 4.99 Å². The minimum atomic E-state index is -0.0562. The molecule has 0 aromatic heterocycles. The average Bonchev–Trinajstić information content (AvgIpc) is 2.34. The summed E-state index contributed by atoms with van der Waals surface area (Å²) < 4.78 is 1.08. The Hall–Kier alpha value is -1.29. The van der Waals surface area contributed by atoms with Gasteiger partial charge in [0.05, 0.1) is 6.54 Å². The highest BCUT2D eigenvalue weighted by atomic mass is 79.9. The molecule has 0 aliphatic rings. The largest absolute Gasteiger partial charge is 0.370 e. The minimum Gasteiger partial charge on any atom is -0.370 e. The van der Waals surface area contributed by atoms with Crippen LogP contribution in [0.3, 0.4) is 0 Å². The van der Waals surface area contributed by atoms with Gasteiger partial charge in [0.2, 0.25) is 0 Å². The van der Waals surface area contributed by atoms with Gasteiger partial charge in [-0.05, 0) is 24.6 Å². The fourth-order valence-electron chi connectivity index (χ4n) is 1.58. The van der Waals surface area contributed by atoms with E-state index >= 15 is 0 Å². The topological polar surface area (TPSA) is 50.4 Å². The van der Waals surface area contributed by atoms with Gasteiger partial charge < -0.3 is 11.1 Å². The van der Waals surface area contributed by atoms with Crippen molar-refractivity contribution in [1.82, 2.24) is 5.32 Å². The smallest absolute Gasteiger partial charge is 0.188 e. The molecule has 0 amide bonds. The normalized spacial score (nSPS) is 12.3. The molecule has 0 bridgehead atoms. The van der Waals surface area contributed by atoms with E-state index in [1.807, 2.05) is 19.1 Å². The lowest BCUT2D eigenvalue weighted by molar-refractivity contribution is 0.538.